The molecular weight excluding hydrogens is 364 g/mol. The number of likely N-dealkylation sites (tertiary alicyclic amines) is 1. The topological polar surface area (TPSA) is 101 Å². The van der Waals surface area contributed by atoms with Crippen molar-refractivity contribution in [2.75, 3.05) is 33.9 Å². The highest BCUT2D eigenvalue weighted by molar-refractivity contribution is 5.78. The number of ether oxygens (including phenoxy) is 3. The molecule has 3 heterocycles. The lowest BCUT2D eigenvalue weighted by Gasteiger charge is -2.36. The molecule has 2 atom stereocenters. The summed E-state index contributed by atoms with van der Waals surface area (Å²) in [5.74, 6) is 0.514. The van der Waals surface area contributed by atoms with E-state index in [1.807, 2.05) is 17.0 Å². The summed E-state index contributed by atoms with van der Waals surface area (Å²) >= 11 is 0. The molecule has 1 fully saturated rings. The van der Waals surface area contributed by atoms with Gasteiger partial charge in [-0.2, -0.15) is 0 Å². The third-order valence-corrected chi connectivity index (χ3v) is 5.67. The third-order valence-electron chi connectivity index (χ3n) is 5.67. The van der Waals surface area contributed by atoms with Crippen molar-refractivity contribution in [3.63, 3.8) is 0 Å². The second-order valence-corrected chi connectivity index (χ2v) is 7.27. The van der Waals surface area contributed by atoms with E-state index in [0.717, 1.165) is 5.56 Å². The molecule has 8 heteroatoms. The first-order chi connectivity index (χ1) is 13.5. The maximum absolute atomic E-state index is 12.2. The molecule has 8 nitrogen and oxygen atoms in total. The van der Waals surface area contributed by atoms with Crippen LogP contribution in [0.3, 0.4) is 0 Å². The van der Waals surface area contributed by atoms with Crippen molar-refractivity contribution in [1.82, 2.24) is 9.88 Å². The maximum atomic E-state index is 12.2. The van der Waals surface area contributed by atoms with Gasteiger partial charge in [0.15, 0.2) is 5.75 Å². The Balaban J connectivity index is 1.63. The molecular formula is C20H22N2O6. The third kappa shape index (κ3) is 2.90. The number of nitrogens with zero attached hydrogens (tertiary/aromatic N) is 1. The number of rotatable bonds is 5. The average molecular weight is 386 g/mol. The lowest BCUT2D eigenvalue weighted by atomic mass is 9.73. The van der Waals surface area contributed by atoms with E-state index < -0.39 is 11.4 Å². The summed E-state index contributed by atoms with van der Waals surface area (Å²) in [5, 5.41) is 10.0. The van der Waals surface area contributed by atoms with Crippen LogP contribution in [0, 0.1) is 5.41 Å². The molecule has 1 aromatic carbocycles. The van der Waals surface area contributed by atoms with Crippen molar-refractivity contribution in [3.8, 4) is 17.2 Å². The molecule has 0 amide bonds. The zero-order valence-corrected chi connectivity index (χ0v) is 15.7. The monoisotopic (exact) mass is 386 g/mol. The van der Waals surface area contributed by atoms with Crippen molar-refractivity contribution in [1.29, 1.82) is 0 Å². The van der Waals surface area contributed by atoms with Crippen molar-refractivity contribution < 1.29 is 24.1 Å². The minimum atomic E-state index is -1.02. The number of aromatic nitrogens is 1. The van der Waals surface area contributed by atoms with E-state index in [1.165, 1.54) is 19.4 Å². The lowest BCUT2D eigenvalue weighted by Crippen LogP contribution is -2.45. The first kappa shape index (κ1) is 18.4. The number of hydrogen-bond donors (Lipinski definition) is 2. The van der Waals surface area contributed by atoms with Gasteiger partial charge >= 0.3 is 5.97 Å². The Morgan fingerprint density at radius 2 is 2.18 bits per heavy atom. The molecule has 148 valence electrons. The number of pyridine rings is 1. The second kappa shape index (κ2) is 6.87. The van der Waals surface area contributed by atoms with Crippen molar-refractivity contribution in [3.05, 3.63) is 51.9 Å². The molecule has 0 aliphatic carbocycles. The van der Waals surface area contributed by atoms with Crippen LogP contribution in [0.5, 0.6) is 17.2 Å². The number of hydrogen-bond acceptors (Lipinski definition) is 6. The van der Waals surface area contributed by atoms with E-state index in [2.05, 4.69) is 4.98 Å². The molecule has 0 bridgehead atoms. The van der Waals surface area contributed by atoms with E-state index in [4.69, 9.17) is 14.2 Å². The summed E-state index contributed by atoms with van der Waals surface area (Å²) in [5.41, 5.74) is 0.358. The highest BCUT2D eigenvalue weighted by Crippen LogP contribution is 2.50. The van der Waals surface area contributed by atoms with Gasteiger partial charge in [-0.05, 0) is 6.07 Å². The number of carbonyl (C=O) groups is 1. The quantitative estimate of drug-likeness (QED) is 0.802. The second-order valence-electron chi connectivity index (χ2n) is 7.27. The van der Waals surface area contributed by atoms with Crippen LogP contribution in [0.4, 0.5) is 0 Å². The fraction of sp³-hybridized carbons (Fsp3) is 0.400. The largest absolute Gasteiger partial charge is 0.497 e. The zero-order valence-electron chi connectivity index (χ0n) is 15.7. The number of nitrogens with one attached hydrogen (secondary N) is 1. The summed E-state index contributed by atoms with van der Waals surface area (Å²) in [6.07, 6.45) is 1.53. The Bertz CT molecular complexity index is 971. The molecule has 0 spiro atoms. The number of carboxylic acid groups (broad SMARTS) is 1. The predicted molar refractivity (Wildman–Crippen MR) is 100 cm³/mol. The van der Waals surface area contributed by atoms with E-state index in [9.17, 15) is 14.7 Å². The van der Waals surface area contributed by atoms with Crippen molar-refractivity contribution >= 4 is 5.97 Å². The summed E-state index contributed by atoms with van der Waals surface area (Å²) in [7, 11) is 3.03. The van der Waals surface area contributed by atoms with Gasteiger partial charge in [0, 0.05) is 55.1 Å². The lowest BCUT2D eigenvalue weighted by molar-refractivity contribution is -0.151. The maximum Gasteiger partial charge on any atom is 0.315 e. The normalized spacial score (nSPS) is 23.4. The number of carboxylic acids is 1. The molecule has 1 aromatic heterocycles. The van der Waals surface area contributed by atoms with Crippen LogP contribution < -0.4 is 19.6 Å². The van der Waals surface area contributed by atoms with Crippen molar-refractivity contribution in [2.45, 2.75) is 12.5 Å². The Hall–Kier alpha value is -3.00. The van der Waals surface area contributed by atoms with Gasteiger partial charge in [0.05, 0.1) is 14.2 Å². The Morgan fingerprint density at radius 3 is 2.86 bits per heavy atom. The molecule has 4 rings (SSSR count). The smallest absolute Gasteiger partial charge is 0.315 e. The summed E-state index contributed by atoms with van der Waals surface area (Å²) in [4.78, 5) is 29.3. The van der Waals surface area contributed by atoms with Crippen LogP contribution in [0.2, 0.25) is 0 Å². The number of aliphatic carboxylic acids is 1. The Labute approximate surface area is 161 Å². The van der Waals surface area contributed by atoms with Gasteiger partial charge in [-0.3, -0.25) is 14.5 Å². The van der Waals surface area contributed by atoms with Gasteiger partial charge in [-0.1, -0.05) is 6.07 Å². The number of methoxy groups -OCH3 is 2. The van der Waals surface area contributed by atoms with Crippen LogP contribution in [0.25, 0.3) is 0 Å². The minimum absolute atomic E-state index is 0.100. The number of fused-ring (bicyclic) bond motifs is 3. The van der Waals surface area contributed by atoms with Gasteiger partial charge < -0.3 is 24.3 Å². The molecule has 0 radical (unpaired) electrons. The molecule has 0 saturated carbocycles. The molecule has 2 aliphatic heterocycles. The summed E-state index contributed by atoms with van der Waals surface area (Å²) in [6.45, 7) is 1.44. The Kier molecular flexibility index (Phi) is 4.50. The number of aromatic amines is 1. The van der Waals surface area contributed by atoms with Crippen LogP contribution in [-0.2, 0) is 11.3 Å². The van der Waals surface area contributed by atoms with Gasteiger partial charge in [0.2, 0.25) is 5.43 Å². The molecule has 2 N–H and O–H groups in total. The summed E-state index contributed by atoms with van der Waals surface area (Å²) in [6, 6.07) is 6.99. The predicted octanol–water partition coefficient (Wildman–Crippen LogP) is 1.45. The average Bonchev–Trinajstić information content (AvgIpc) is 3.07. The summed E-state index contributed by atoms with van der Waals surface area (Å²) < 4.78 is 16.1. The van der Waals surface area contributed by atoms with E-state index in [-0.39, 0.29) is 23.7 Å². The fourth-order valence-electron chi connectivity index (χ4n) is 4.20. The molecule has 28 heavy (non-hydrogen) atoms. The highest BCUT2D eigenvalue weighted by atomic mass is 16.5. The van der Waals surface area contributed by atoms with Crippen LogP contribution in [-0.4, -0.2) is 54.9 Å². The molecule has 1 saturated heterocycles. The zero-order chi connectivity index (χ0) is 19.9. The van der Waals surface area contributed by atoms with E-state index >= 15 is 0 Å². The SMILES string of the molecule is COc1ccc2c(c1)OC[C@]1(C(=O)O)CN(Cc3cc(=O)c(OC)c[nH]3)C[C@H]21. The number of benzene rings is 1. The van der Waals surface area contributed by atoms with Gasteiger partial charge in [-0.25, -0.2) is 0 Å². The van der Waals surface area contributed by atoms with Gasteiger partial charge in [0.25, 0.3) is 0 Å². The molecule has 2 aliphatic rings. The van der Waals surface area contributed by atoms with Gasteiger partial charge in [0.1, 0.15) is 23.5 Å². The van der Waals surface area contributed by atoms with Crippen LogP contribution >= 0.6 is 0 Å². The molecule has 2 aromatic rings. The van der Waals surface area contributed by atoms with Crippen LogP contribution in [0.15, 0.2) is 35.3 Å². The number of H-pyrrole nitrogens is 1. The fourth-order valence-corrected chi connectivity index (χ4v) is 4.20. The first-order valence-corrected chi connectivity index (χ1v) is 8.99. The van der Waals surface area contributed by atoms with Crippen molar-refractivity contribution in [2.24, 2.45) is 5.41 Å². The standard InChI is InChI=1S/C20H22N2O6/c1-26-13-3-4-14-15-9-22(8-12-5-16(23)18(27-2)7-21-12)10-20(15,19(24)25)11-28-17(14)6-13/h3-7,15H,8-11H2,1-2H3,(H,21,23)(H,24,25)/t15-,20-/m1/s1. The van der Waals surface area contributed by atoms with Gasteiger partial charge in [-0.15, -0.1) is 0 Å². The minimum Gasteiger partial charge on any atom is -0.497 e. The highest BCUT2D eigenvalue weighted by Gasteiger charge is 2.56. The van der Waals surface area contributed by atoms with E-state index in [0.29, 0.717) is 36.8 Å². The van der Waals surface area contributed by atoms with Crippen LogP contribution in [0.1, 0.15) is 17.2 Å². The first-order valence-electron chi connectivity index (χ1n) is 8.99. The van der Waals surface area contributed by atoms with E-state index in [1.54, 1.807) is 13.2 Å². The molecule has 0 unspecified atom stereocenters. The Morgan fingerprint density at radius 1 is 1.36 bits per heavy atom.